The molecule has 0 spiro atoms. The molecule has 0 bridgehead atoms. The van der Waals surface area contributed by atoms with E-state index in [0.717, 1.165) is 26.1 Å². The summed E-state index contributed by atoms with van der Waals surface area (Å²) in [6.07, 6.45) is 0.779. The molecule has 2 N–H and O–H groups in total. The Labute approximate surface area is 103 Å². The highest BCUT2D eigenvalue weighted by atomic mass is 15.2. The fourth-order valence-electron chi connectivity index (χ4n) is 2.34. The second-order valence-electron chi connectivity index (χ2n) is 5.05. The quantitative estimate of drug-likeness (QED) is 0.849. The zero-order chi connectivity index (χ0) is 12.3. The van der Waals surface area contributed by atoms with Crippen molar-refractivity contribution < 1.29 is 0 Å². The monoisotopic (exact) mass is 229 g/mol. The van der Waals surface area contributed by atoms with E-state index >= 15 is 0 Å². The Morgan fingerprint density at radius 2 is 2.06 bits per heavy atom. The summed E-state index contributed by atoms with van der Waals surface area (Å²) < 4.78 is 0. The van der Waals surface area contributed by atoms with Crippen LogP contribution < -0.4 is 5.73 Å². The highest BCUT2D eigenvalue weighted by Crippen LogP contribution is 2.28. The van der Waals surface area contributed by atoms with Crippen molar-refractivity contribution in [2.24, 2.45) is 11.7 Å². The number of hydrogen-bond acceptors (Lipinski definition) is 3. The van der Waals surface area contributed by atoms with Crippen LogP contribution >= 0.6 is 0 Å². The van der Waals surface area contributed by atoms with Crippen LogP contribution in [0.25, 0.3) is 0 Å². The molecule has 2 rings (SSSR count). The number of hydrogen-bond donors (Lipinski definition) is 1. The lowest BCUT2D eigenvalue weighted by molar-refractivity contribution is 0.0285. The molecule has 1 aliphatic heterocycles. The minimum absolute atomic E-state index is 0.396. The lowest BCUT2D eigenvalue weighted by atomic mass is 9.86. The molecule has 1 fully saturated rings. The Kier molecular flexibility index (Phi) is 3.46. The van der Waals surface area contributed by atoms with Crippen molar-refractivity contribution in [1.82, 2.24) is 4.90 Å². The normalized spacial score (nSPS) is 20.3. The molecular weight excluding hydrogens is 210 g/mol. The van der Waals surface area contributed by atoms with E-state index in [0.29, 0.717) is 5.92 Å². The molecule has 1 atom stereocenters. The smallest absolute Gasteiger partial charge is 0.110 e. The van der Waals surface area contributed by atoms with Gasteiger partial charge in [0.1, 0.15) is 5.54 Å². The van der Waals surface area contributed by atoms with Gasteiger partial charge in [-0.2, -0.15) is 5.26 Å². The van der Waals surface area contributed by atoms with E-state index in [1.165, 1.54) is 5.56 Å². The van der Waals surface area contributed by atoms with Gasteiger partial charge >= 0.3 is 0 Å². The number of nitrogens with zero attached hydrogens (tertiary/aromatic N) is 2. The SMILES string of the molecule is CC(C#N)(Cc1ccccc1)N1CC(CN)C1. The zero-order valence-electron chi connectivity index (χ0n) is 10.3. The number of nitrogens with two attached hydrogens (primary N) is 1. The number of nitriles is 1. The second kappa shape index (κ2) is 4.87. The summed E-state index contributed by atoms with van der Waals surface area (Å²) in [5.74, 6) is 0.568. The second-order valence-corrected chi connectivity index (χ2v) is 5.05. The molecule has 3 heteroatoms. The third-order valence-electron chi connectivity index (χ3n) is 3.62. The van der Waals surface area contributed by atoms with E-state index in [-0.39, 0.29) is 0 Å². The van der Waals surface area contributed by atoms with Gasteiger partial charge in [-0.3, -0.25) is 4.90 Å². The Balaban J connectivity index is 2.04. The van der Waals surface area contributed by atoms with Gasteiger partial charge in [-0.1, -0.05) is 30.3 Å². The summed E-state index contributed by atoms with van der Waals surface area (Å²) in [4.78, 5) is 2.23. The molecule has 17 heavy (non-hydrogen) atoms. The Hall–Kier alpha value is -1.37. The average molecular weight is 229 g/mol. The molecule has 1 unspecified atom stereocenters. The van der Waals surface area contributed by atoms with Crippen LogP contribution in [0.4, 0.5) is 0 Å². The van der Waals surface area contributed by atoms with Crippen LogP contribution in [0, 0.1) is 17.2 Å². The maximum atomic E-state index is 9.42. The van der Waals surface area contributed by atoms with E-state index in [1.54, 1.807) is 0 Å². The van der Waals surface area contributed by atoms with Gasteiger partial charge in [0.05, 0.1) is 6.07 Å². The molecule has 0 aromatic heterocycles. The van der Waals surface area contributed by atoms with Gasteiger partial charge in [0.15, 0.2) is 0 Å². The van der Waals surface area contributed by atoms with E-state index in [1.807, 2.05) is 25.1 Å². The van der Waals surface area contributed by atoms with Crippen LogP contribution in [0.3, 0.4) is 0 Å². The first kappa shape index (κ1) is 12.1. The fourth-order valence-corrected chi connectivity index (χ4v) is 2.34. The summed E-state index contributed by atoms with van der Waals surface area (Å²) in [6.45, 7) is 4.65. The zero-order valence-corrected chi connectivity index (χ0v) is 10.3. The highest BCUT2D eigenvalue weighted by molar-refractivity contribution is 5.22. The Morgan fingerprint density at radius 3 is 2.59 bits per heavy atom. The summed E-state index contributed by atoms with van der Waals surface area (Å²) in [5.41, 5.74) is 6.44. The predicted molar refractivity (Wildman–Crippen MR) is 68.3 cm³/mol. The third-order valence-corrected chi connectivity index (χ3v) is 3.62. The van der Waals surface area contributed by atoms with Crippen LogP contribution in [0.1, 0.15) is 12.5 Å². The van der Waals surface area contributed by atoms with Crippen molar-refractivity contribution in [3.63, 3.8) is 0 Å². The summed E-state index contributed by atoms with van der Waals surface area (Å²) in [5, 5.41) is 9.42. The topological polar surface area (TPSA) is 53.0 Å². The van der Waals surface area contributed by atoms with Gasteiger partial charge in [-0.15, -0.1) is 0 Å². The van der Waals surface area contributed by atoms with Crippen molar-refractivity contribution in [3.8, 4) is 6.07 Å². The molecule has 1 heterocycles. The molecule has 1 aliphatic rings. The van der Waals surface area contributed by atoms with Crippen LogP contribution in [0.5, 0.6) is 0 Å². The fraction of sp³-hybridized carbons (Fsp3) is 0.500. The van der Waals surface area contributed by atoms with Gasteiger partial charge in [-0.25, -0.2) is 0 Å². The molecule has 0 saturated carbocycles. The number of rotatable bonds is 4. The van der Waals surface area contributed by atoms with Crippen molar-refractivity contribution in [1.29, 1.82) is 5.26 Å². The third kappa shape index (κ3) is 2.49. The van der Waals surface area contributed by atoms with Gasteiger partial charge < -0.3 is 5.73 Å². The summed E-state index contributed by atoms with van der Waals surface area (Å²) in [7, 11) is 0. The highest BCUT2D eigenvalue weighted by Gasteiger charge is 2.39. The van der Waals surface area contributed by atoms with Gasteiger partial charge in [0.2, 0.25) is 0 Å². The maximum Gasteiger partial charge on any atom is 0.110 e. The van der Waals surface area contributed by atoms with Crippen molar-refractivity contribution in [2.45, 2.75) is 18.9 Å². The first-order chi connectivity index (χ1) is 8.18. The number of benzene rings is 1. The van der Waals surface area contributed by atoms with Crippen LogP contribution in [0.15, 0.2) is 30.3 Å². The van der Waals surface area contributed by atoms with Crippen LogP contribution in [-0.4, -0.2) is 30.1 Å². The molecule has 1 aromatic carbocycles. The minimum Gasteiger partial charge on any atom is -0.330 e. The molecule has 0 aliphatic carbocycles. The minimum atomic E-state index is -0.396. The number of likely N-dealkylation sites (tertiary alicyclic amines) is 1. The molecule has 1 aromatic rings. The summed E-state index contributed by atoms with van der Waals surface area (Å²) in [6, 6.07) is 12.7. The van der Waals surface area contributed by atoms with E-state index < -0.39 is 5.54 Å². The molecule has 90 valence electrons. The predicted octanol–water partition coefficient (Wildman–Crippen LogP) is 1.40. The lowest BCUT2D eigenvalue weighted by Gasteiger charge is -2.47. The van der Waals surface area contributed by atoms with E-state index in [4.69, 9.17) is 5.73 Å². The largest absolute Gasteiger partial charge is 0.330 e. The molecule has 1 saturated heterocycles. The van der Waals surface area contributed by atoms with Crippen LogP contribution in [-0.2, 0) is 6.42 Å². The standard InChI is InChI=1S/C14H19N3/c1-14(11-16,17-9-13(8-15)10-17)7-12-5-3-2-4-6-12/h2-6,13H,7-10,15H2,1H3. The summed E-state index contributed by atoms with van der Waals surface area (Å²) >= 11 is 0. The van der Waals surface area contributed by atoms with Gasteiger partial charge in [0.25, 0.3) is 0 Å². The van der Waals surface area contributed by atoms with Crippen LogP contribution in [0.2, 0.25) is 0 Å². The van der Waals surface area contributed by atoms with Gasteiger partial charge in [0, 0.05) is 19.5 Å². The Bertz CT molecular complexity index is 403. The maximum absolute atomic E-state index is 9.42. The first-order valence-electron chi connectivity index (χ1n) is 6.08. The van der Waals surface area contributed by atoms with Crippen molar-refractivity contribution in [3.05, 3.63) is 35.9 Å². The molecule has 0 radical (unpaired) electrons. The molecule has 3 nitrogen and oxygen atoms in total. The van der Waals surface area contributed by atoms with Gasteiger partial charge in [-0.05, 0) is 24.9 Å². The average Bonchev–Trinajstić information content (AvgIpc) is 2.29. The Morgan fingerprint density at radius 1 is 1.41 bits per heavy atom. The first-order valence-corrected chi connectivity index (χ1v) is 6.08. The van der Waals surface area contributed by atoms with E-state index in [2.05, 4.69) is 23.1 Å². The lowest BCUT2D eigenvalue weighted by Crippen LogP contribution is -2.60. The van der Waals surface area contributed by atoms with Crippen molar-refractivity contribution in [2.75, 3.05) is 19.6 Å². The van der Waals surface area contributed by atoms with E-state index in [9.17, 15) is 5.26 Å². The molecule has 0 amide bonds. The van der Waals surface area contributed by atoms with Crippen molar-refractivity contribution >= 4 is 0 Å². The molecular formula is C14H19N3.